The van der Waals surface area contributed by atoms with Gasteiger partial charge in [0, 0.05) is 25.3 Å². The van der Waals surface area contributed by atoms with Gasteiger partial charge in [0.2, 0.25) is 5.89 Å². The van der Waals surface area contributed by atoms with Gasteiger partial charge in [0.25, 0.3) is 0 Å². The molecule has 1 aliphatic carbocycles. The van der Waals surface area contributed by atoms with Crippen LogP contribution in [0.25, 0.3) is 0 Å². The Morgan fingerprint density at radius 1 is 1.30 bits per heavy atom. The highest BCUT2D eigenvalue weighted by molar-refractivity contribution is 5.15. The van der Waals surface area contributed by atoms with Crippen LogP contribution in [0, 0.1) is 13.8 Å². The Labute approximate surface area is 135 Å². The summed E-state index contributed by atoms with van der Waals surface area (Å²) in [4.78, 5) is 14.9. The lowest BCUT2D eigenvalue weighted by Crippen LogP contribution is -2.25. The zero-order valence-electron chi connectivity index (χ0n) is 13.9. The minimum absolute atomic E-state index is 0.198. The molecule has 7 heteroatoms. The van der Waals surface area contributed by atoms with Gasteiger partial charge in [-0.3, -0.25) is 4.90 Å². The van der Waals surface area contributed by atoms with Crippen molar-refractivity contribution < 1.29 is 9.26 Å². The molecule has 1 saturated carbocycles. The summed E-state index contributed by atoms with van der Waals surface area (Å²) in [5.41, 5.74) is 2.17. The van der Waals surface area contributed by atoms with Crippen molar-refractivity contribution in [3.63, 3.8) is 0 Å². The molecule has 0 aromatic carbocycles. The third-order valence-electron chi connectivity index (χ3n) is 4.93. The summed E-state index contributed by atoms with van der Waals surface area (Å²) < 4.78 is 11.0. The zero-order valence-corrected chi connectivity index (χ0v) is 13.9. The summed E-state index contributed by atoms with van der Waals surface area (Å²) in [5, 5.41) is 4.11. The van der Waals surface area contributed by atoms with Crippen molar-refractivity contribution >= 4 is 0 Å². The number of H-pyrrole nitrogens is 1. The van der Waals surface area contributed by atoms with Crippen molar-refractivity contribution in [1.29, 1.82) is 0 Å². The Morgan fingerprint density at radius 3 is 2.78 bits per heavy atom. The maximum absolute atomic E-state index is 5.57. The predicted molar refractivity (Wildman–Crippen MR) is 82.9 cm³/mol. The van der Waals surface area contributed by atoms with E-state index in [1.807, 2.05) is 6.92 Å². The van der Waals surface area contributed by atoms with E-state index in [1.165, 1.54) is 12.8 Å². The standard InChI is InChI=1S/C16H23N5O2/c1-9-10(2)18-16(17-9)13-6-12(22-3)7-21(13)8-14-19-15(20-23-14)11-4-5-11/h11-13H,4-8H2,1-3H3,(H,17,18)/t12-,13+/m1/s1. The lowest BCUT2D eigenvalue weighted by molar-refractivity contribution is 0.105. The number of hydrogen-bond acceptors (Lipinski definition) is 6. The maximum atomic E-state index is 5.57. The van der Waals surface area contributed by atoms with Gasteiger partial charge in [-0.05, 0) is 33.1 Å². The van der Waals surface area contributed by atoms with E-state index in [9.17, 15) is 0 Å². The van der Waals surface area contributed by atoms with Gasteiger partial charge in [-0.15, -0.1) is 0 Å². The van der Waals surface area contributed by atoms with Crippen LogP contribution in [0.1, 0.15) is 60.1 Å². The SMILES string of the molecule is CO[C@@H]1C[C@@H](c2nc(C)c(C)[nH]2)N(Cc2nc(C3CC3)no2)C1. The number of ether oxygens (including phenoxy) is 1. The Morgan fingerprint density at radius 2 is 2.13 bits per heavy atom. The highest BCUT2D eigenvalue weighted by Crippen LogP contribution is 2.38. The normalized spacial score (nSPS) is 25.3. The van der Waals surface area contributed by atoms with E-state index >= 15 is 0 Å². The zero-order chi connectivity index (χ0) is 16.0. The fraction of sp³-hybridized carbons (Fsp3) is 0.688. The molecule has 2 fully saturated rings. The Kier molecular flexibility index (Phi) is 3.69. The minimum atomic E-state index is 0.198. The highest BCUT2D eigenvalue weighted by Gasteiger charge is 2.36. The van der Waals surface area contributed by atoms with E-state index in [-0.39, 0.29) is 12.1 Å². The number of aromatic amines is 1. The molecule has 23 heavy (non-hydrogen) atoms. The summed E-state index contributed by atoms with van der Waals surface area (Å²) in [6, 6.07) is 0.198. The van der Waals surface area contributed by atoms with Crippen molar-refractivity contribution in [1.82, 2.24) is 25.0 Å². The largest absolute Gasteiger partial charge is 0.380 e. The smallest absolute Gasteiger partial charge is 0.240 e. The van der Waals surface area contributed by atoms with Crippen LogP contribution in [0.4, 0.5) is 0 Å². The maximum Gasteiger partial charge on any atom is 0.240 e. The fourth-order valence-corrected chi connectivity index (χ4v) is 3.24. The summed E-state index contributed by atoms with van der Waals surface area (Å²) in [6.07, 6.45) is 3.49. The van der Waals surface area contributed by atoms with Crippen molar-refractivity contribution in [2.24, 2.45) is 0 Å². The first-order valence-corrected chi connectivity index (χ1v) is 8.26. The average molecular weight is 317 g/mol. The highest BCUT2D eigenvalue weighted by atomic mass is 16.5. The summed E-state index contributed by atoms with van der Waals surface area (Å²) in [7, 11) is 1.77. The molecule has 2 aromatic rings. The number of nitrogens with one attached hydrogen (secondary N) is 1. The predicted octanol–water partition coefficient (Wildman–Crippen LogP) is 2.25. The van der Waals surface area contributed by atoms with Crippen molar-refractivity contribution in [2.75, 3.05) is 13.7 Å². The van der Waals surface area contributed by atoms with Gasteiger partial charge in [-0.1, -0.05) is 5.16 Å². The van der Waals surface area contributed by atoms with Gasteiger partial charge in [0.05, 0.1) is 24.4 Å². The molecule has 124 valence electrons. The van der Waals surface area contributed by atoms with Gasteiger partial charge in [0.15, 0.2) is 5.82 Å². The lowest BCUT2D eigenvalue weighted by atomic mass is 10.2. The van der Waals surface area contributed by atoms with Crippen LogP contribution in [0.2, 0.25) is 0 Å². The number of rotatable bonds is 5. The van der Waals surface area contributed by atoms with Crippen LogP contribution in [-0.4, -0.2) is 44.8 Å². The number of nitrogens with zero attached hydrogens (tertiary/aromatic N) is 4. The van der Waals surface area contributed by atoms with Crippen LogP contribution in [0.3, 0.4) is 0 Å². The number of methoxy groups -OCH3 is 1. The van der Waals surface area contributed by atoms with Gasteiger partial charge in [-0.25, -0.2) is 4.98 Å². The van der Waals surface area contributed by atoms with E-state index in [0.717, 1.165) is 36.0 Å². The molecule has 0 amide bonds. The third-order valence-corrected chi connectivity index (χ3v) is 4.93. The Balaban J connectivity index is 1.53. The monoisotopic (exact) mass is 317 g/mol. The molecule has 2 aromatic heterocycles. The second-order valence-electron chi connectivity index (χ2n) is 6.69. The summed E-state index contributed by atoms with van der Waals surface area (Å²) in [6.45, 7) is 5.57. The van der Waals surface area contributed by atoms with E-state index in [0.29, 0.717) is 18.4 Å². The molecule has 2 aliphatic rings. The van der Waals surface area contributed by atoms with E-state index in [2.05, 4.69) is 31.9 Å². The summed E-state index contributed by atoms with van der Waals surface area (Å²) in [5.74, 6) is 3.07. The number of aromatic nitrogens is 4. The van der Waals surface area contributed by atoms with Crippen molar-refractivity contribution in [3.05, 3.63) is 28.9 Å². The van der Waals surface area contributed by atoms with Crippen LogP contribution >= 0.6 is 0 Å². The second-order valence-corrected chi connectivity index (χ2v) is 6.69. The minimum Gasteiger partial charge on any atom is -0.380 e. The fourth-order valence-electron chi connectivity index (χ4n) is 3.24. The second kappa shape index (κ2) is 5.72. The molecule has 1 N–H and O–H groups in total. The molecule has 0 bridgehead atoms. The van der Waals surface area contributed by atoms with Crippen LogP contribution in [-0.2, 0) is 11.3 Å². The molecule has 1 saturated heterocycles. The number of hydrogen-bond donors (Lipinski definition) is 1. The van der Waals surface area contributed by atoms with Gasteiger partial charge in [-0.2, -0.15) is 4.98 Å². The molecule has 0 spiro atoms. The number of imidazole rings is 1. The molecular formula is C16H23N5O2. The molecule has 4 rings (SSSR count). The lowest BCUT2D eigenvalue weighted by Gasteiger charge is -2.20. The van der Waals surface area contributed by atoms with E-state index in [1.54, 1.807) is 7.11 Å². The van der Waals surface area contributed by atoms with Crippen molar-refractivity contribution in [2.45, 2.75) is 57.7 Å². The van der Waals surface area contributed by atoms with Gasteiger partial charge in [0.1, 0.15) is 5.82 Å². The van der Waals surface area contributed by atoms with Crippen LogP contribution in [0.15, 0.2) is 4.52 Å². The topological polar surface area (TPSA) is 80.1 Å². The molecule has 1 aliphatic heterocycles. The first-order valence-electron chi connectivity index (χ1n) is 8.26. The van der Waals surface area contributed by atoms with E-state index in [4.69, 9.17) is 9.26 Å². The first kappa shape index (κ1) is 14.8. The number of aryl methyl sites for hydroxylation is 2. The average Bonchev–Trinajstić information content (AvgIpc) is 3.00. The molecule has 0 unspecified atom stereocenters. The molecule has 3 heterocycles. The quantitative estimate of drug-likeness (QED) is 0.911. The first-order chi connectivity index (χ1) is 11.1. The van der Waals surface area contributed by atoms with Crippen LogP contribution < -0.4 is 0 Å². The molecular weight excluding hydrogens is 294 g/mol. The number of likely N-dealkylation sites (tertiary alicyclic amines) is 1. The molecule has 2 atom stereocenters. The molecule has 0 radical (unpaired) electrons. The Hall–Kier alpha value is -1.73. The molecule has 7 nitrogen and oxygen atoms in total. The van der Waals surface area contributed by atoms with Crippen LogP contribution in [0.5, 0.6) is 0 Å². The van der Waals surface area contributed by atoms with Crippen molar-refractivity contribution in [3.8, 4) is 0 Å². The van der Waals surface area contributed by atoms with Gasteiger partial charge < -0.3 is 14.2 Å². The Bertz CT molecular complexity index is 671. The van der Waals surface area contributed by atoms with Gasteiger partial charge >= 0.3 is 0 Å². The van der Waals surface area contributed by atoms with E-state index < -0.39 is 0 Å². The third kappa shape index (κ3) is 2.90. The summed E-state index contributed by atoms with van der Waals surface area (Å²) >= 11 is 0.